The summed E-state index contributed by atoms with van der Waals surface area (Å²) >= 11 is 0. The maximum absolute atomic E-state index is 14.6. The first kappa shape index (κ1) is 23.4. The standard InChI is InChI=1S/C26H31FN6O2/c1-3-31(4-2)16-25(34)32-12-9-18(10-13-32)21-15-28-24(33-17-29-30-26(21)33)8-5-19-20-11-14-35-23(20)7-6-22(19)27/h6-7,9,15,17H,3-5,8,10-14,16H2,1-2H3. The molecule has 2 aliphatic heterocycles. The van der Waals surface area contributed by atoms with Crippen molar-refractivity contribution >= 4 is 17.1 Å². The second-order valence-electron chi connectivity index (χ2n) is 8.99. The lowest BCUT2D eigenvalue weighted by atomic mass is 9.99. The number of ether oxygens (including phenoxy) is 1. The van der Waals surface area contributed by atoms with E-state index in [2.05, 4.69) is 35.0 Å². The second kappa shape index (κ2) is 10.1. The maximum atomic E-state index is 14.6. The highest BCUT2D eigenvalue weighted by Gasteiger charge is 2.23. The van der Waals surface area contributed by atoms with Gasteiger partial charge >= 0.3 is 0 Å². The van der Waals surface area contributed by atoms with Gasteiger partial charge in [-0.05, 0) is 49.2 Å². The van der Waals surface area contributed by atoms with Crippen LogP contribution >= 0.6 is 0 Å². The molecule has 2 aromatic heterocycles. The number of hydrogen-bond acceptors (Lipinski definition) is 6. The number of aryl methyl sites for hydroxylation is 1. The van der Waals surface area contributed by atoms with Crippen LogP contribution in [0.5, 0.6) is 5.75 Å². The molecule has 0 bridgehead atoms. The molecule has 0 aliphatic carbocycles. The van der Waals surface area contributed by atoms with Gasteiger partial charge in [0.1, 0.15) is 23.7 Å². The van der Waals surface area contributed by atoms with Crippen molar-refractivity contribution in [3.8, 4) is 5.75 Å². The van der Waals surface area contributed by atoms with Crippen molar-refractivity contribution in [1.82, 2.24) is 29.4 Å². The number of nitrogens with zero attached hydrogens (tertiary/aromatic N) is 6. The molecular weight excluding hydrogens is 447 g/mol. The molecule has 184 valence electrons. The molecule has 0 spiro atoms. The minimum absolute atomic E-state index is 0.162. The van der Waals surface area contributed by atoms with Crippen molar-refractivity contribution < 1.29 is 13.9 Å². The Bertz CT molecular complexity index is 1270. The molecule has 0 saturated heterocycles. The largest absolute Gasteiger partial charge is 0.493 e. The van der Waals surface area contributed by atoms with Gasteiger partial charge in [-0.25, -0.2) is 9.37 Å². The summed E-state index contributed by atoms with van der Waals surface area (Å²) in [5.74, 6) is 1.54. The molecule has 35 heavy (non-hydrogen) atoms. The highest BCUT2D eigenvalue weighted by Crippen LogP contribution is 2.31. The van der Waals surface area contributed by atoms with E-state index < -0.39 is 0 Å². The SMILES string of the molecule is CCN(CC)CC(=O)N1CC=C(c2cnc(CCc3c(F)ccc4c3CCO4)n3cnnc23)CC1. The molecule has 1 aromatic carbocycles. The first-order valence-corrected chi connectivity index (χ1v) is 12.4. The molecule has 0 N–H and O–H groups in total. The van der Waals surface area contributed by atoms with Crippen LogP contribution in [0.2, 0.25) is 0 Å². The highest BCUT2D eigenvalue weighted by molar-refractivity contribution is 5.81. The van der Waals surface area contributed by atoms with Crippen molar-refractivity contribution in [2.45, 2.75) is 39.5 Å². The molecule has 3 aromatic rings. The van der Waals surface area contributed by atoms with Crippen LogP contribution in [0.4, 0.5) is 4.39 Å². The predicted octanol–water partition coefficient (Wildman–Crippen LogP) is 2.94. The van der Waals surface area contributed by atoms with Gasteiger partial charge in [0.05, 0.1) is 13.2 Å². The van der Waals surface area contributed by atoms with E-state index in [1.165, 1.54) is 6.07 Å². The van der Waals surface area contributed by atoms with Gasteiger partial charge in [-0.2, -0.15) is 0 Å². The van der Waals surface area contributed by atoms with E-state index in [0.29, 0.717) is 44.6 Å². The van der Waals surface area contributed by atoms with Gasteiger partial charge in [-0.3, -0.25) is 14.1 Å². The number of rotatable bonds is 8. The third-order valence-electron chi connectivity index (χ3n) is 7.11. The minimum atomic E-state index is -0.196. The van der Waals surface area contributed by atoms with E-state index in [1.54, 1.807) is 12.4 Å². The predicted molar refractivity (Wildman–Crippen MR) is 131 cm³/mol. The molecule has 5 rings (SSSR count). The van der Waals surface area contributed by atoms with Crippen molar-refractivity contribution in [3.63, 3.8) is 0 Å². The zero-order valence-corrected chi connectivity index (χ0v) is 20.3. The van der Waals surface area contributed by atoms with E-state index in [1.807, 2.05) is 15.5 Å². The Labute approximate surface area is 204 Å². The van der Waals surface area contributed by atoms with Crippen LogP contribution < -0.4 is 4.74 Å². The van der Waals surface area contributed by atoms with Crippen LogP contribution in [0.25, 0.3) is 11.2 Å². The van der Waals surface area contributed by atoms with Crippen LogP contribution in [0.1, 0.15) is 42.8 Å². The summed E-state index contributed by atoms with van der Waals surface area (Å²) in [4.78, 5) is 21.4. The number of amides is 1. The molecule has 0 unspecified atom stereocenters. The lowest BCUT2D eigenvalue weighted by molar-refractivity contribution is -0.131. The average molecular weight is 479 g/mol. The lowest BCUT2D eigenvalue weighted by Crippen LogP contribution is -2.42. The minimum Gasteiger partial charge on any atom is -0.493 e. The van der Waals surface area contributed by atoms with Gasteiger partial charge < -0.3 is 9.64 Å². The van der Waals surface area contributed by atoms with Gasteiger partial charge in [-0.1, -0.05) is 19.9 Å². The molecule has 0 radical (unpaired) electrons. The zero-order valence-electron chi connectivity index (χ0n) is 20.3. The number of carbonyl (C=O) groups is 1. The molecule has 9 heteroatoms. The fourth-order valence-electron chi connectivity index (χ4n) is 4.98. The molecule has 0 atom stereocenters. The molecule has 2 aliphatic rings. The Morgan fingerprint density at radius 1 is 1.20 bits per heavy atom. The molecule has 0 fully saturated rings. The van der Waals surface area contributed by atoms with Gasteiger partial charge in [-0.15, -0.1) is 10.2 Å². The Kier molecular flexibility index (Phi) is 6.77. The van der Waals surface area contributed by atoms with Gasteiger partial charge in [0.25, 0.3) is 0 Å². The number of hydrogen-bond donors (Lipinski definition) is 0. The van der Waals surface area contributed by atoms with Crippen LogP contribution in [0.15, 0.2) is 30.7 Å². The normalized spacial score (nSPS) is 15.4. The first-order chi connectivity index (χ1) is 17.1. The van der Waals surface area contributed by atoms with Crippen molar-refractivity contribution in [3.05, 3.63) is 59.1 Å². The Hall–Kier alpha value is -3.33. The third kappa shape index (κ3) is 4.65. The fraction of sp³-hybridized carbons (Fsp3) is 0.462. The van der Waals surface area contributed by atoms with Gasteiger partial charge in [0.2, 0.25) is 5.91 Å². The zero-order chi connectivity index (χ0) is 24.4. The first-order valence-electron chi connectivity index (χ1n) is 12.4. The Morgan fingerprint density at radius 2 is 2.06 bits per heavy atom. The maximum Gasteiger partial charge on any atom is 0.237 e. The second-order valence-corrected chi connectivity index (χ2v) is 8.99. The van der Waals surface area contributed by atoms with Gasteiger partial charge in [0.15, 0.2) is 5.65 Å². The molecule has 8 nitrogen and oxygen atoms in total. The molecule has 1 amide bonds. The Morgan fingerprint density at radius 3 is 2.83 bits per heavy atom. The lowest BCUT2D eigenvalue weighted by Gasteiger charge is -2.29. The summed E-state index contributed by atoms with van der Waals surface area (Å²) in [6, 6.07) is 3.19. The molecule has 4 heterocycles. The number of halogens is 1. The van der Waals surface area contributed by atoms with Gasteiger partial charge in [0, 0.05) is 43.3 Å². The smallest absolute Gasteiger partial charge is 0.237 e. The van der Waals surface area contributed by atoms with Crippen molar-refractivity contribution in [2.75, 3.05) is 39.3 Å². The number of fused-ring (bicyclic) bond motifs is 2. The van der Waals surface area contributed by atoms with E-state index in [9.17, 15) is 9.18 Å². The molecular formula is C26H31FN6O2. The third-order valence-corrected chi connectivity index (χ3v) is 7.11. The van der Waals surface area contributed by atoms with Crippen LogP contribution in [-0.2, 0) is 24.1 Å². The summed E-state index contributed by atoms with van der Waals surface area (Å²) in [6.45, 7) is 8.19. The molecule has 0 saturated carbocycles. The summed E-state index contributed by atoms with van der Waals surface area (Å²) in [5.41, 5.74) is 4.47. The number of aromatic nitrogens is 4. The Balaban J connectivity index is 1.32. The fourth-order valence-corrected chi connectivity index (χ4v) is 4.98. The van der Waals surface area contributed by atoms with E-state index in [4.69, 9.17) is 9.72 Å². The number of likely N-dealkylation sites (N-methyl/N-ethyl adjacent to an activating group) is 1. The summed E-state index contributed by atoms with van der Waals surface area (Å²) in [7, 11) is 0. The van der Waals surface area contributed by atoms with Crippen LogP contribution in [-0.4, -0.2) is 74.6 Å². The summed E-state index contributed by atoms with van der Waals surface area (Å²) in [6.07, 6.45) is 8.18. The quantitative estimate of drug-likeness (QED) is 0.496. The summed E-state index contributed by atoms with van der Waals surface area (Å²) < 4.78 is 22.1. The monoisotopic (exact) mass is 478 g/mol. The van der Waals surface area contributed by atoms with Crippen LogP contribution in [0.3, 0.4) is 0 Å². The number of carbonyl (C=O) groups excluding carboxylic acids is 1. The van der Waals surface area contributed by atoms with E-state index >= 15 is 0 Å². The average Bonchev–Trinajstić information content (AvgIpc) is 3.57. The van der Waals surface area contributed by atoms with E-state index in [-0.39, 0.29) is 11.7 Å². The summed E-state index contributed by atoms with van der Waals surface area (Å²) in [5, 5.41) is 8.48. The number of benzene rings is 1. The highest BCUT2D eigenvalue weighted by atomic mass is 19.1. The topological polar surface area (TPSA) is 75.9 Å². The van der Waals surface area contributed by atoms with E-state index in [0.717, 1.165) is 59.9 Å². The van der Waals surface area contributed by atoms with Crippen LogP contribution in [0, 0.1) is 5.82 Å². The van der Waals surface area contributed by atoms with Crippen molar-refractivity contribution in [2.24, 2.45) is 0 Å². The van der Waals surface area contributed by atoms with Crippen molar-refractivity contribution in [1.29, 1.82) is 0 Å².